The second kappa shape index (κ2) is 5.93. The SMILES string of the molecule is OCc1nnc(SCc2cc(Cl)cc(Cl)c2)n1C1CC1. The number of thioether (sulfide) groups is 1. The lowest BCUT2D eigenvalue weighted by atomic mass is 10.2. The van der Waals surface area contributed by atoms with E-state index in [2.05, 4.69) is 10.2 Å². The summed E-state index contributed by atoms with van der Waals surface area (Å²) in [5, 5.41) is 19.6. The van der Waals surface area contributed by atoms with Crippen LogP contribution in [0.4, 0.5) is 0 Å². The molecule has 106 valence electrons. The molecule has 0 radical (unpaired) electrons. The zero-order valence-electron chi connectivity index (χ0n) is 10.6. The molecule has 20 heavy (non-hydrogen) atoms. The van der Waals surface area contributed by atoms with Crippen LogP contribution in [-0.2, 0) is 12.4 Å². The first-order valence-corrected chi connectivity index (χ1v) is 8.04. The Morgan fingerprint density at radius 3 is 2.50 bits per heavy atom. The van der Waals surface area contributed by atoms with Crippen LogP contribution in [0.25, 0.3) is 0 Å². The first kappa shape index (κ1) is 14.2. The first-order valence-electron chi connectivity index (χ1n) is 6.30. The van der Waals surface area contributed by atoms with Crippen molar-refractivity contribution in [3.8, 4) is 0 Å². The summed E-state index contributed by atoms with van der Waals surface area (Å²) in [7, 11) is 0. The molecule has 0 atom stereocenters. The Morgan fingerprint density at radius 2 is 1.90 bits per heavy atom. The molecule has 1 fully saturated rings. The molecule has 0 unspecified atom stereocenters. The van der Waals surface area contributed by atoms with Crippen molar-refractivity contribution < 1.29 is 5.11 Å². The maximum atomic E-state index is 9.30. The molecule has 7 heteroatoms. The number of aliphatic hydroxyl groups is 1. The minimum atomic E-state index is -0.0763. The standard InChI is InChI=1S/C13H13Cl2N3OS/c14-9-3-8(4-10(15)5-9)7-20-13-17-16-12(6-19)18(13)11-1-2-11/h3-5,11,19H,1-2,6-7H2. The smallest absolute Gasteiger partial charge is 0.191 e. The van der Waals surface area contributed by atoms with Crippen molar-refractivity contribution in [2.24, 2.45) is 0 Å². The lowest BCUT2D eigenvalue weighted by Crippen LogP contribution is -2.02. The first-order chi connectivity index (χ1) is 9.67. The highest BCUT2D eigenvalue weighted by Gasteiger charge is 2.29. The summed E-state index contributed by atoms with van der Waals surface area (Å²) in [6, 6.07) is 5.95. The maximum Gasteiger partial charge on any atom is 0.191 e. The van der Waals surface area contributed by atoms with Crippen molar-refractivity contribution >= 4 is 35.0 Å². The Morgan fingerprint density at radius 1 is 1.20 bits per heavy atom. The van der Waals surface area contributed by atoms with Gasteiger partial charge in [-0.1, -0.05) is 35.0 Å². The average molecular weight is 330 g/mol. The van der Waals surface area contributed by atoms with Crippen LogP contribution in [0.1, 0.15) is 30.3 Å². The summed E-state index contributed by atoms with van der Waals surface area (Å²) in [4.78, 5) is 0. The fourth-order valence-electron chi connectivity index (χ4n) is 2.06. The Kier molecular flexibility index (Phi) is 4.21. The Labute approximate surface area is 131 Å². The quantitative estimate of drug-likeness (QED) is 0.849. The van der Waals surface area contributed by atoms with Crippen LogP contribution in [0.3, 0.4) is 0 Å². The minimum absolute atomic E-state index is 0.0763. The van der Waals surface area contributed by atoms with Gasteiger partial charge < -0.3 is 9.67 Å². The topological polar surface area (TPSA) is 50.9 Å². The minimum Gasteiger partial charge on any atom is -0.388 e. The van der Waals surface area contributed by atoms with Crippen LogP contribution in [0.2, 0.25) is 10.0 Å². The molecule has 0 spiro atoms. The number of aliphatic hydroxyl groups excluding tert-OH is 1. The second-order valence-electron chi connectivity index (χ2n) is 4.72. The number of hydrogen-bond donors (Lipinski definition) is 1. The van der Waals surface area contributed by atoms with Gasteiger partial charge in [-0.25, -0.2) is 0 Å². The number of hydrogen-bond acceptors (Lipinski definition) is 4. The van der Waals surface area contributed by atoms with Gasteiger partial charge >= 0.3 is 0 Å². The zero-order valence-corrected chi connectivity index (χ0v) is 12.9. The van der Waals surface area contributed by atoms with E-state index in [1.807, 2.05) is 16.7 Å². The van der Waals surface area contributed by atoms with Crippen molar-refractivity contribution in [1.82, 2.24) is 14.8 Å². The van der Waals surface area contributed by atoms with Crippen molar-refractivity contribution in [1.29, 1.82) is 0 Å². The number of nitrogens with zero attached hydrogens (tertiary/aromatic N) is 3. The molecule has 0 aliphatic heterocycles. The van der Waals surface area contributed by atoms with Crippen molar-refractivity contribution in [2.45, 2.75) is 36.4 Å². The highest BCUT2D eigenvalue weighted by molar-refractivity contribution is 7.98. The average Bonchev–Trinajstić information content (AvgIpc) is 3.15. The van der Waals surface area contributed by atoms with Gasteiger partial charge in [-0.3, -0.25) is 0 Å². The van der Waals surface area contributed by atoms with Gasteiger partial charge in [-0.2, -0.15) is 0 Å². The zero-order chi connectivity index (χ0) is 14.1. The summed E-state index contributed by atoms with van der Waals surface area (Å²) in [5.74, 6) is 1.36. The molecule has 1 aromatic carbocycles. The second-order valence-corrected chi connectivity index (χ2v) is 6.54. The summed E-state index contributed by atoms with van der Waals surface area (Å²) < 4.78 is 2.04. The van der Waals surface area contributed by atoms with Crippen LogP contribution in [0, 0.1) is 0 Å². The highest BCUT2D eigenvalue weighted by atomic mass is 35.5. The fraction of sp³-hybridized carbons (Fsp3) is 0.385. The van der Waals surface area contributed by atoms with Crippen LogP contribution in [0.5, 0.6) is 0 Å². The third-order valence-corrected chi connectivity index (χ3v) is 4.53. The van der Waals surface area contributed by atoms with Gasteiger partial charge in [0.15, 0.2) is 11.0 Å². The largest absolute Gasteiger partial charge is 0.388 e. The van der Waals surface area contributed by atoms with Crippen LogP contribution in [0.15, 0.2) is 23.4 Å². The van der Waals surface area contributed by atoms with E-state index >= 15 is 0 Å². The van der Waals surface area contributed by atoms with E-state index in [4.69, 9.17) is 23.2 Å². The van der Waals surface area contributed by atoms with Crippen molar-refractivity contribution in [3.63, 3.8) is 0 Å². The lowest BCUT2D eigenvalue weighted by Gasteiger charge is -2.07. The Bertz CT molecular complexity index is 608. The summed E-state index contributed by atoms with van der Waals surface area (Å²) in [6.07, 6.45) is 2.25. The van der Waals surface area contributed by atoms with Crippen molar-refractivity contribution in [2.75, 3.05) is 0 Å². The monoisotopic (exact) mass is 329 g/mol. The molecule has 0 saturated heterocycles. The van der Waals surface area contributed by atoms with E-state index in [-0.39, 0.29) is 6.61 Å². The summed E-state index contributed by atoms with van der Waals surface area (Å²) in [6.45, 7) is -0.0763. The molecule has 1 saturated carbocycles. The third-order valence-electron chi connectivity index (χ3n) is 3.08. The molecule has 1 aliphatic carbocycles. The number of benzene rings is 1. The molecular weight excluding hydrogens is 317 g/mol. The number of rotatable bonds is 5. The van der Waals surface area contributed by atoms with Gasteiger partial charge in [0.2, 0.25) is 0 Å². The highest BCUT2D eigenvalue weighted by Crippen LogP contribution is 2.39. The van der Waals surface area contributed by atoms with Gasteiger partial charge in [0.1, 0.15) is 6.61 Å². The molecule has 4 nitrogen and oxygen atoms in total. The van der Waals surface area contributed by atoms with E-state index in [1.165, 1.54) is 0 Å². The molecule has 0 amide bonds. The van der Waals surface area contributed by atoms with Gasteiger partial charge in [0.05, 0.1) is 0 Å². The Balaban J connectivity index is 1.76. The third kappa shape index (κ3) is 3.11. The van der Waals surface area contributed by atoms with E-state index in [9.17, 15) is 5.11 Å². The van der Waals surface area contributed by atoms with E-state index < -0.39 is 0 Å². The van der Waals surface area contributed by atoms with Gasteiger partial charge in [-0.05, 0) is 36.6 Å². The van der Waals surface area contributed by atoms with Crippen LogP contribution < -0.4 is 0 Å². The molecule has 1 aliphatic rings. The van der Waals surface area contributed by atoms with E-state index in [1.54, 1.807) is 17.8 Å². The van der Waals surface area contributed by atoms with Gasteiger partial charge in [-0.15, -0.1) is 10.2 Å². The molecule has 3 rings (SSSR count). The molecule has 1 N–H and O–H groups in total. The fourth-order valence-corrected chi connectivity index (χ4v) is 3.58. The maximum absolute atomic E-state index is 9.30. The van der Waals surface area contributed by atoms with Crippen LogP contribution >= 0.6 is 35.0 Å². The van der Waals surface area contributed by atoms with Crippen LogP contribution in [-0.4, -0.2) is 19.9 Å². The number of halogens is 2. The molecule has 1 heterocycles. The van der Waals surface area contributed by atoms with Crippen molar-refractivity contribution in [3.05, 3.63) is 39.6 Å². The summed E-state index contributed by atoms with van der Waals surface area (Å²) in [5.41, 5.74) is 1.04. The molecular formula is C13H13Cl2N3OS. The predicted molar refractivity (Wildman–Crippen MR) is 80.2 cm³/mol. The van der Waals surface area contributed by atoms with Gasteiger partial charge in [0, 0.05) is 21.8 Å². The molecule has 0 bridgehead atoms. The number of aromatic nitrogens is 3. The van der Waals surface area contributed by atoms with E-state index in [0.29, 0.717) is 21.9 Å². The van der Waals surface area contributed by atoms with E-state index in [0.717, 1.165) is 29.3 Å². The molecule has 2 aromatic rings. The predicted octanol–water partition coefficient (Wildman–Crippen LogP) is 3.70. The lowest BCUT2D eigenvalue weighted by molar-refractivity contribution is 0.263. The normalized spacial score (nSPS) is 14.8. The Hall–Kier alpha value is -0.750. The van der Waals surface area contributed by atoms with Gasteiger partial charge in [0.25, 0.3) is 0 Å². The molecule has 1 aromatic heterocycles. The summed E-state index contributed by atoms with van der Waals surface area (Å²) >= 11 is 13.6.